The van der Waals surface area contributed by atoms with Crippen LogP contribution in [0.5, 0.6) is 0 Å². The normalized spacial score (nSPS) is 12.2. The van der Waals surface area contributed by atoms with Gasteiger partial charge in [-0.05, 0) is 60.4 Å². The number of aromatic nitrogens is 1. The quantitative estimate of drug-likeness (QED) is 0.483. The van der Waals surface area contributed by atoms with Gasteiger partial charge in [-0.1, -0.05) is 26.0 Å². The van der Waals surface area contributed by atoms with Gasteiger partial charge in [-0.15, -0.1) is 0 Å². The molecule has 7 nitrogen and oxygen atoms in total. The fourth-order valence-electron chi connectivity index (χ4n) is 3.19. The van der Waals surface area contributed by atoms with Crippen LogP contribution >= 0.6 is 0 Å². The van der Waals surface area contributed by atoms with Crippen molar-refractivity contribution in [2.45, 2.75) is 40.9 Å². The lowest BCUT2D eigenvalue weighted by molar-refractivity contribution is 0.578. The number of halogens is 1. The molecule has 1 aromatic heterocycles. The number of aromatic amines is 1. The summed E-state index contributed by atoms with van der Waals surface area (Å²) in [7, 11) is -8.13. The van der Waals surface area contributed by atoms with Crippen molar-refractivity contribution in [3.05, 3.63) is 88.1 Å². The Morgan fingerprint density at radius 2 is 1.62 bits per heavy atom. The van der Waals surface area contributed by atoms with Crippen LogP contribution in [0.4, 0.5) is 4.39 Å². The van der Waals surface area contributed by atoms with Gasteiger partial charge in [0.25, 0.3) is 5.56 Å². The smallest absolute Gasteiger partial charge is 0.251 e. The zero-order valence-corrected chi connectivity index (χ0v) is 19.1. The highest BCUT2D eigenvalue weighted by Crippen LogP contribution is 2.29. The molecule has 0 unspecified atom stereocenters. The minimum atomic E-state index is -4.08. The van der Waals surface area contributed by atoms with E-state index in [0.29, 0.717) is 11.1 Å². The van der Waals surface area contributed by atoms with E-state index >= 15 is 0 Å². The topological polar surface area (TPSA) is 113 Å². The second-order valence-corrected chi connectivity index (χ2v) is 11.2. The molecule has 0 atom stereocenters. The van der Waals surface area contributed by atoms with Gasteiger partial charge in [0, 0.05) is 18.3 Å². The number of sulfonamides is 1. The number of hydrogen-bond donors (Lipinski definition) is 2. The van der Waals surface area contributed by atoms with Crippen LogP contribution in [0.25, 0.3) is 0 Å². The molecule has 0 aliphatic carbocycles. The standard InChI is InChI=1S/C22H23FN2O5S2/c1-15(2)20-10-9-19(31(27,28)18-7-5-17(23)6-8-18)14-21(20)32(29,30)25-13-11-16-4-3-12-24-22(16)26/h3-10,12,14-15,25H,11,13H2,1-2H3,(H,24,26). The van der Waals surface area contributed by atoms with Crippen molar-refractivity contribution in [3.63, 3.8) is 0 Å². The zero-order valence-electron chi connectivity index (χ0n) is 17.5. The van der Waals surface area contributed by atoms with E-state index in [0.717, 1.165) is 30.3 Å². The molecule has 0 amide bonds. The average molecular weight is 479 g/mol. The van der Waals surface area contributed by atoms with Crippen LogP contribution in [0.2, 0.25) is 0 Å². The SMILES string of the molecule is CC(C)c1ccc(S(=O)(=O)c2ccc(F)cc2)cc1S(=O)(=O)NCCc1ccc[nH]c1=O. The summed E-state index contributed by atoms with van der Waals surface area (Å²) in [6.45, 7) is 3.56. The second-order valence-electron chi connectivity index (χ2n) is 7.48. The summed E-state index contributed by atoms with van der Waals surface area (Å²) in [4.78, 5) is 13.8. The molecule has 170 valence electrons. The Hall–Kier alpha value is -2.82. The van der Waals surface area contributed by atoms with Crippen molar-refractivity contribution in [1.29, 1.82) is 0 Å². The molecule has 0 radical (unpaired) electrons. The minimum Gasteiger partial charge on any atom is -0.329 e. The summed E-state index contributed by atoms with van der Waals surface area (Å²) in [6, 6.07) is 11.5. The van der Waals surface area contributed by atoms with Crippen LogP contribution in [0.1, 0.15) is 30.9 Å². The number of rotatable bonds is 8. The molecule has 3 aromatic rings. The van der Waals surface area contributed by atoms with Crippen LogP contribution in [0.3, 0.4) is 0 Å². The van der Waals surface area contributed by atoms with E-state index in [9.17, 15) is 26.0 Å². The molecular formula is C22H23FN2O5S2. The molecule has 0 bridgehead atoms. The first-order valence-electron chi connectivity index (χ1n) is 9.83. The largest absolute Gasteiger partial charge is 0.329 e. The van der Waals surface area contributed by atoms with Crippen LogP contribution in [-0.4, -0.2) is 28.4 Å². The lowest BCUT2D eigenvalue weighted by Gasteiger charge is -2.16. The van der Waals surface area contributed by atoms with Gasteiger partial charge in [0.05, 0.1) is 14.7 Å². The molecule has 0 aliphatic rings. The predicted molar refractivity (Wildman–Crippen MR) is 118 cm³/mol. The van der Waals surface area contributed by atoms with Gasteiger partial charge in [0.1, 0.15) is 5.82 Å². The number of pyridine rings is 1. The summed E-state index contributed by atoms with van der Waals surface area (Å²) >= 11 is 0. The maximum atomic E-state index is 13.2. The average Bonchev–Trinajstić information content (AvgIpc) is 2.75. The third-order valence-corrected chi connectivity index (χ3v) is 8.20. The Balaban J connectivity index is 1.95. The number of hydrogen-bond acceptors (Lipinski definition) is 5. The number of sulfone groups is 1. The summed E-state index contributed by atoms with van der Waals surface area (Å²) in [6.07, 6.45) is 1.65. The molecule has 1 heterocycles. The van der Waals surface area contributed by atoms with Crippen LogP contribution < -0.4 is 10.3 Å². The predicted octanol–water partition coefficient (Wildman–Crippen LogP) is 2.99. The fraction of sp³-hybridized carbons (Fsp3) is 0.227. The van der Waals surface area contributed by atoms with Gasteiger partial charge in [-0.2, -0.15) is 0 Å². The summed E-state index contributed by atoms with van der Waals surface area (Å²) < 4.78 is 67.7. The third kappa shape index (κ3) is 5.14. The molecule has 10 heteroatoms. The van der Waals surface area contributed by atoms with Gasteiger partial charge >= 0.3 is 0 Å². The molecular weight excluding hydrogens is 455 g/mol. The molecule has 0 aliphatic heterocycles. The van der Waals surface area contributed by atoms with Gasteiger partial charge in [0.15, 0.2) is 0 Å². The summed E-state index contributed by atoms with van der Waals surface area (Å²) in [5.41, 5.74) is 0.571. The van der Waals surface area contributed by atoms with Gasteiger partial charge in [-0.25, -0.2) is 25.9 Å². The molecule has 2 aromatic carbocycles. The first-order chi connectivity index (χ1) is 15.0. The molecule has 2 N–H and O–H groups in total. The first kappa shape index (κ1) is 23.8. The highest BCUT2D eigenvalue weighted by Gasteiger charge is 2.25. The first-order valence-corrected chi connectivity index (χ1v) is 12.8. The van der Waals surface area contributed by atoms with Gasteiger partial charge in [0.2, 0.25) is 19.9 Å². The van der Waals surface area contributed by atoms with Crippen LogP contribution in [0, 0.1) is 5.82 Å². The van der Waals surface area contributed by atoms with E-state index in [1.54, 1.807) is 26.0 Å². The molecule has 3 rings (SSSR count). The van der Waals surface area contributed by atoms with Crippen LogP contribution in [0.15, 0.2) is 80.3 Å². The van der Waals surface area contributed by atoms with E-state index in [2.05, 4.69) is 9.71 Å². The van der Waals surface area contributed by atoms with E-state index in [1.807, 2.05) is 0 Å². The van der Waals surface area contributed by atoms with Crippen molar-refractivity contribution in [2.24, 2.45) is 0 Å². The van der Waals surface area contributed by atoms with Gasteiger partial charge in [-0.3, -0.25) is 4.79 Å². The maximum Gasteiger partial charge on any atom is 0.251 e. The van der Waals surface area contributed by atoms with Crippen LogP contribution in [-0.2, 0) is 26.3 Å². The van der Waals surface area contributed by atoms with Crippen molar-refractivity contribution in [1.82, 2.24) is 9.71 Å². The van der Waals surface area contributed by atoms with Gasteiger partial charge < -0.3 is 4.98 Å². The highest BCUT2D eigenvalue weighted by atomic mass is 32.2. The Labute approximate surface area is 186 Å². The minimum absolute atomic E-state index is 0.0398. The summed E-state index contributed by atoms with van der Waals surface area (Å²) in [5.74, 6) is -0.773. The molecule has 32 heavy (non-hydrogen) atoms. The molecule has 0 saturated carbocycles. The van der Waals surface area contributed by atoms with E-state index in [4.69, 9.17) is 0 Å². The second kappa shape index (κ2) is 9.35. The number of benzene rings is 2. The lowest BCUT2D eigenvalue weighted by Crippen LogP contribution is -2.28. The Bertz CT molecular complexity index is 1380. The Morgan fingerprint density at radius 1 is 0.969 bits per heavy atom. The van der Waals surface area contributed by atoms with E-state index in [-0.39, 0.29) is 39.1 Å². The maximum absolute atomic E-state index is 13.2. The molecule has 0 fully saturated rings. The number of H-pyrrole nitrogens is 1. The lowest BCUT2D eigenvalue weighted by atomic mass is 10.0. The molecule has 0 saturated heterocycles. The van der Waals surface area contributed by atoms with Crippen molar-refractivity contribution >= 4 is 19.9 Å². The monoisotopic (exact) mass is 478 g/mol. The van der Waals surface area contributed by atoms with Crippen molar-refractivity contribution < 1.29 is 21.2 Å². The van der Waals surface area contributed by atoms with E-state index in [1.165, 1.54) is 18.3 Å². The Kier molecular flexibility index (Phi) is 6.97. The molecule has 0 spiro atoms. The zero-order chi connectivity index (χ0) is 23.5. The van der Waals surface area contributed by atoms with Crippen molar-refractivity contribution in [3.8, 4) is 0 Å². The van der Waals surface area contributed by atoms with E-state index < -0.39 is 25.7 Å². The highest BCUT2D eigenvalue weighted by molar-refractivity contribution is 7.91. The van der Waals surface area contributed by atoms with Crippen molar-refractivity contribution in [2.75, 3.05) is 6.54 Å². The Morgan fingerprint density at radius 3 is 2.25 bits per heavy atom. The summed E-state index contributed by atoms with van der Waals surface area (Å²) in [5, 5.41) is 0. The number of nitrogens with one attached hydrogen (secondary N) is 2. The fourth-order valence-corrected chi connectivity index (χ4v) is 5.98. The third-order valence-electron chi connectivity index (χ3n) is 4.92.